The van der Waals surface area contributed by atoms with E-state index in [1.807, 2.05) is 10.7 Å². The topological polar surface area (TPSA) is 81.8 Å². The molecule has 8 heteroatoms. The first-order chi connectivity index (χ1) is 17.1. The lowest BCUT2D eigenvalue weighted by atomic mass is 9.45. The first-order valence-electron chi connectivity index (χ1n) is 12.7. The molecule has 2 bridgehead atoms. The fraction of sp³-hybridized carbons (Fsp3) is 0.500. The maximum atomic E-state index is 13.0. The highest BCUT2D eigenvalue weighted by molar-refractivity contribution is 9.10. The van der Waals surface area contributed by atoms with Crippen LogP contribution in [0.2, 0.25) is 0 Å². The fourth-order valence-corrected chi connectivity index (χ4v) is 6.58. The molecule has 2 aromatic heterocycles. The third-order valence-corrected chi connectivity index (χ3v) is 9.41. The summed E-state index contributed by atoms with van der Waals surface area (Å²) in [5.41, 5.74) is 3.96. The number of anilines is 1. The third-order valence-electron chi connectivity index (χ3n) is 8.64. The van der Waals surface area contributed by atoms with Gasteiger partial charge in [0, 0.05) is 17.9 Å². The van der Waals surface area contributed by atoms with E-state index in [9.17, 15) is 9.59 Å². The van der Waals surface area contributed by atoms with E-state index in [2.05, 4.69) is 83.4 Å². The summed E-state index contributed by atoms with van der Waals surface area (Å²) in [5.74, 6) is 1.87. The molecule has 0 aliphatic heterocycles. The zero-order valence-corrected chi connectivity index (χ0v) is 23.0. The number of carbonyl (C=O) groups is 1. The van der Waals surface area contributed by atoms with Gasteiger partial charge in [-0.3, -0.25) is 14.3 Å². The van der Waals surface area contributed by atoms with Crippen molar-refractivity contribution in [2.24, 2.45) is 23.2 Å². The van der Waals surface area contributed by atoms with E-state index in [4.69, 9.17) is 0 Å². The zero-order valence-electron chi connectivity index (χ0n) is 21.4. The second-order valence-electron chi connectivity index (χ2n) is 11.2. The Morgan fingerprint density at radius 2 is 1.89 bits per heavy atom. The number of nitrogens with one attached hydrogen (secondary N) is 1. The summed E-state index contributed by atoms with van der Waals surface area (Å²) in [5, 5.41) is 12.3. The van der Waals surface area contributed by atoms with E-state index < -0.39 is 0 Å². The van der Waals surface area contributed by atoms with Crippen LogP contribution in [0.4, 0.5) is 5.69 Å². The summed E-state index contributed by atoms with van der Waals surface area (Å²) in [7, 11) is 0. The zero-order chi connectivity index (χ0) is 25.6. The Morgan fingerprint density at radius 1 is 1.14 bits per heavy atom. The van der Waals surface area contributed by atoms with Crippen molar-refractivity contribution in [3.63, 3.8) is 0 Å². The Morgan fingerprint density at radius 3 is 2.58 bits per heavy atom. The maximum absolute atomic E-state index is 13.0. The van der Waals surface area contributed by atoms with Crippen molar-refractivity contribution < 1.29 is 4.79 Å². The molecule has 190 valence electrons. The van der Waals surface area contributed by atoms with Crippen molar-refractivity contribution >= 4 is 27.4 Å². The van der Waals surface area contributed by atoms with Gasteiger partial charge in [0.1, 0.15) is 11.0 Å². The molecule has 3 saturated carbocycles. The highest BCUT2D eigenvalue weighted by atomic mass is 79.9. The number of benzene rings is 1. The number of aryl methyl sites for hydroxylation is 1. The molecule has 0 radical (unpaired) electrons. The molecule has 1 aromatic carbocycles. The molecule has 1 N–H and O–H groups in total. The predicted molar refractivity (Wildman–Crippen MR) is 144 cm³/mol. The lowest BCUT2D eigenvalue weighted by Gasteiger charge is -2.62. The minimum absolute atomic E-state index is 0.0778. The molecule has 3 aliphatic rings. The molecule has 0 spiro atoms. The minimum Gasteiger partial charge on any atom is -0.380 e. The number of Topliss-reactive ketones (excluding diaryl/α,β-unsaturated/α-hetero) is 1. The predicted octanol–water partition coefficient (Wildman–Crippen LogP) is 4.85. The number of aromatic nitrogens is 4. The molecule has 3 aromatic rings. The van der Waals surface area contributed by atoms with Crippen molar-refractivity contribution in [3.05, 3.63) is 74.4 Å². The largest absolute Gasteiger partial charge is 0.380 e. The smallest absolute Gasteiger partial charge is 0.283 e. The van der Waals surface area contributed by atoms with Crippen LogP contribution < -0.4 is 10.9 Å². The minimum atomic E-state index is -0.296. The molecule has 4 atom stereocenters. The van der Waals surface area contributed by atoms with Gasteiger partial charge < -0.3 is 5.32 Å². The summed E-state index contributed by atoms with van der Waals surface area (Å²) < 4.78 is 3.50. The van der Waals surface area contributed by atoms with Crippen molar-refractivity contribution in [3.8, 4) is 0 Å². The average molecular weight is 553 g/mol. The average Bonchev–Trinajstić information content (AvgIpc) is 3.27. The van der Waals surface area contributed by atoms with Gasteiger partial charge in [-0.05, 0) is 70.5 Å². The van der Waals surface area contributed by atoms with Crippen LogP contribution in [0, 0.1) is 30.1 Å². The standard InChI is InChI=1S/C28H34BrN5O2/c1-17-5-7-19(8-6-17)15-33-21(9-10-30-33)13-22(35)16-34-27(36)26(29)25(14-31-34)32-24-12-20-11-23(18(24)2)28(20,3)4/h5-10,14,18,20,23-24,32H,11-13,15-16H2,1-4H3/t18-,20-,23+,24-/m1/s1. The van der Waals surface area contributed by atoms with Gasteiger partial charge in [0.2, 0.25) is 0 Å². The normalized spacial score (nSPS) is 24.2. The summed E-state index contributed by atoms with van der Waals surface area (Å²) in [6, 6.07) is 10.4. The highest BCUT2D eigenvalue weighted by Crippen LogP contribution is 2.61. The first kappa shape index (κ1) is 24.9. The van der Waals surface area contributed by atoms with Crippen LogP contribution in [0.25, 0.3) is 0 Å². The highest BCUT2D eigenvalue weighted by Gasteiger charge is 2.56. The van der Waals surface area contributed by atoms with Crippen LogP contribution in [0.15, 0.2) is 52.0 Å². The number of nitrogens with zero attached hydrogens (tertiary/aromatic N) is 4. The molecule has 3 aliphatic carbocycles. The molecule has 2 heterocycles. The van der Waals surface area contributed by atoms with Gasteiger partial charge in [-0.25, -0.2) is 4.68 Å². The van der Waals surface area contributed by atoms with Gasteiger partial charge in [-0.2, -0.15) is 10.2 Å². The van der Waals surface area contributed by atoms with Crippen molar-refractivity contribution in [2.45, 2.75) is 66.1 Å². The number of hydrogen-bond donors (Lipinski definition) is 1. The molecule has 36 heavy (non-hydrogen) atoms. The Bertz CT molecular complexity index is 1330. The third kappa shape index (κ3) is 4.67. The van der Waals surface area contributed by atoms with Gasteiger partial charge in [0.05, 0.1) is 24.8 Å². The summed E-state index contributed by atoms with van der Waals surface area (Å²) in [6.07, 6.45) is 5.97. The summed E-state index contributed by atoms with van der Waals surface area (Å²) in [4.78, 5) is 25.9. The Labute approximate surface area is 220 Å². The molecular formula is C28H34BrN5O2. The van der Waals surface area contributed by atoms with Crippen LogP contribution in [0.5, 0.6) is 0 Å². The van der Waals surface area contributed by atoms with Gasteiger partial charge in [0.15, 0.2) is 5.78 Å². The van der Waals surface area contributed by atoms with Crippen molar-refractivity contribution in [1.82, 2.24) is 19.6 Å². The van der Waals surface area contributed by atoms with Crippen LogP contribution in [0.1, 0.15) is 50.4 Å². The van der Waals surface area contributed by atoms with Crippen LogP contribution in [-0.4, -0.2) is 31.4 Å². The quantitative estimate of drug-likeness (QED) is 0.432. The van der Waals surface area contributed by atoms with Crippen molar-refractivity contribution in [1.29, 1.82) is 0 Å². The lowest BCUT2D eigenvalue weighted by Crippen LogP contribution is -2.58. The molecule has 7 nitrogen and oxygen atoms in total. The molecular weight excluding hydrogens is 518 g/mol. The first-order valence-corrected chi connectivity index (χ1v) is 13.5. The van der Waals surface area contributed by atoms with E-state index >= 15 is 0 Å². The van der Waals surface area contributed by atoms with E-state index in [0.717, 1.165) is 23.6 Å². The molecule has 0 saturated heterocycles. The van der Waals surface area contributed by atoms with E-state index in [1.165, 1.54) is 16.7 Å². The second-order valence-corrected chi connectivity index (χ2v) is 12.0. The lowest BCUT2D eigenvalue weighted by molar-refractivity contribution is -0.119. The van der Waals surface area contributed by atoms with Gasteiger partial charge >= 0.3 is 0 Å². The summed E-state index contributed by atoms with van der Waals surface area (Å²) >= 11 is 3.47. The number of fused-ring (bicyclic) bond motifs is 2. The Hall–Kier alpha value is -2.74. The van der Waals surface area contributed by atoms with E-state index in [0.29, 0.717) is 40.0 Å². The van der Waals surface area contributed by atoms with E-state index in [1.54, 1.807) is 12.4 Å². The Balaban J connectivity index is 1.23. The molecule has 6 rings (SSSR count). The summed E-state index contributed by atoms with van der Waals surface area (Å²) in [6.45, 7) is 9.64. The number of hydrogen-bond acceptors (Lipinski definition) is 5. The molecule has 0 unspecified atom stereocenters. The fourth-order valence-electron chi connectivity index (χ4n) is 6.16. The number of ketones is 1. The molecule has 0 amide bonds. The number of halogens is 1. The van der Waals surface area contributed by atoms with Crippen LogP contribution >= 0.6 is 15.9 Å². The molecule has 3 fully saturated rings. The SMILES string of the molecule is Cc1ccc(Cn2nccc2CC(=O)Cn2ncc(N[C@@H]3C[C@H]4C[C@@H]([C@H]3C)C4(C)C)c(Br)c2=O)cc1. The number of rotatable bonds is 8. The number of carbonyl (C=O) groups excluding carboxylic acids is 1. The maximum Gasteiger partial charge on any atom is 0.283 e. The van der Waals surface area contributed by atoms with Gasteiger partial charge in [-0.1, -0.05) is 50.6 Å². The van der Waals surface area contributed by atoms with Crippen molar-refractivity contribution in [2.75, 3.05) is 5.32 Å². The van der Waals surface area contributed by atoms with Crippen LogP contribution in [0.3, 0.4) is 0 Å². The second kappa shape index (κ2) is 9.61. The van der Waals surface area contributed by atoms with Crippen LogP contribution in [-0.2, 0) is 24.3 Å². The van der Waals surface area contributed by atoms with Gasteiger partial charge in [0.25, 0.3) is 5.56 Å². The Kier molecular flexibility index (Phi) is 6.66. The van der Waals surface area contributed by atoms with Gasteiger partial charge in [-0.15, -0.1) is 0 Å². The monoisotopic (exact) mass is 551 g/mol. The van der Waals surface area contributed by atoms with E-state index in [-0.39, 0.29) is 24.3 Å².